The minimum Gasteiger partial charge on any atom is -0.265 e. The molecule has 0 aliphatic carbocycles. The molecule has 0 N–H and O–H groups in total. The summed E-state index contributed by atoms with van der Waals surface area (Å²) in [6.07, 6.45) is 2.99. The Hall–Kier alpha value is -0.490. The maximum atomic E-state index is 10.5. The quantitative estimate of drug-likeness (QED) is 0.364. The van der Waals surface area contributed by atoms with Crippen LogP contribution in [-0.4, -0.2) is 9.91 Å². The molecular weight excluding hydrogens is 292 g/mol. The topological polar surface area (TPSA) is 56.0 Å². The van der Waals surface area contributed by atoms with Gasteiger partial charge in [0.1, 0.15) is 0 Å². The summed E-state index contributed by atoms with van der Waals surface area (Å²) in [5.74, 6) is 0. The molecule has 0 aliphatic rings. The summed E-state index contributed by atoms with van der Waals surface area (Å²) in [4.78, 5) is 13.8. The van der Waals surface area contributed by atoms with Crippen molar-refractivity contribution in [1.29, 1.82) is 0 Å². The van der Waals surface area contributed by atoms with E-state index in [1.54, 1.807) is 12.1 Å². The second kappa shape index (κ2) is 3.49. The van der Waals surface area contributed by atoms with E-state index in [0.717, 1.165) is 0 Å². The molecule has 1 rings (SSSR count). The van der Waals surface area contributed by atoms with Crippen LogP contribution in [0.5, 0.6) is 0 Å². The maximum Gasteiger partial charge on any atom is 0.352 e. The third-order valence-electron chi connectivity index (χ3n) is 1.26. The molecule has 1 aromatic heterocycles. The van der Waals surface area contributed by atoms with Gasteiger partial charge in [0.25, 0.3) is 0 Å². The zero-order valence-corrected chi connectivity index (χ0v) is 8.95. The molecule has 0 saturated carbocycles. The number of nitrogens with zero attached hydrogens (tertiary/aromatic N) is 2. The van der Waals surface area contributed by atoms with E-state index in [9.17, 15) is 10.1 Å². The Labute approximate surface area is 85.4 Å². The lowest BCUT2D eigenvalue weighted by Gasteiger charge is -2.10. The minimum atomic E-state index is -1.40. The van der Waals surface area contributed by atoms with E-state index in [4.69, 9.17) is 0 Å². The van der Waals surface area contributed by atoms with Gasteiger partial charge in [0, 0.05) is 44.3 Å². The number of alkyl halides is 2. The summed E-state index contributed by atoms with van der Waals surface area (Å²) in [6.45, 7) is 0. The number of rotatable bonds is 2. The summed E-state index contributed by atoms with van der Waals surface area (Å²) in [7, 11) is 0. The first-order valence-corrected chi connectivity index (χ1v) is 4.56. The van der Waals surface area contributed by atoms with Gasteiger partial charge >= 0.3 is 3.36 Å². The van der Waals surface area contributed by atoms with Gasteiger partial charge in [-0.1, -0.05) is 0 Å². The minimum absolute atomic E-state index is 0.470. The first-order chi connectivity index (χ1) is 5.55. The van der Waals surface area contributed by atoms with E-state index in [1.807, 2.05) is 0 Å². The molecule has 0 atom stereocenters. The van der Waals surface area contributed by atoms with E-state index < -0.39 is 8.28 Å². The van der Waals surface area contributed by atoms with Gasteiger partial charge < -0.3 is 0 Å². The van der Waals surface area contributed by atoms with Crippen molar-refractivity contribution in [1.82, 2.24) is 4.98 Å². The number of hydrogen-bond acceptors (Lipinski definition) is 3. The molecule has 0 bridgehead atoms. The summed E-state index contributed by atoms with van der Waals surface area (Å²) in [5, 5.41) is 10.5. The second-order valence-corrected chi connectivity index (χ2v) is 5.39. The molecule has 0 aliphatic heterocycles. The molecule has 6 heteroatoms. The van der Waals surface area contributed by atoms with Crippen molar-refractivity contribution in [2.45, 2.75) is 3.36 Å². The molecule has 1 heterocycles. The van der Waals surface area contributed by atoms with Crippen LogP contribution in [0.25, 0.3) is 0 Å². The summed E-state index contributed by atoms with van der Waals surface area (Å²) in [5.41, 5.74) is 0.502. The highest BCUT2D eigenvalue weighted by Gasteiger charge is 2.38. The third-order valence-corrected chi connectivity index (χ3v) is 2.75. The van der Waals surface area contributed by atoms with Crippen molar-refractivity contribution in [2.24, 2.45) is 0 Å². The van der Waals surface area contributed by atoms with Gasteiger partial charge in [0.2, 0.25) is 0 Å². The average molecular weight is 296 g/mol. The molecule has 0 spiro atoms. The zero-order valence-electron chi connectivity index (χ0n) is 5.78. The first kappa shape index (κ1) is 9.60. The van der Waals surface area contributed by atoms with Gasteiger partial charge in [-0.3, -0.25) is 15.1 Å². The Balaban J connectivity index is 3.06. The Morgan fingerprint density at radius 3 is 2.33 bits per heavy atom. The lowest BCUT2D eigenvalue weighted by Crippen LogP contribution is -2.20. The van der Waals surface area contributed by atoms with Crippen molar-refractivity contribution in [3.63, 3.8) is 0 Å². The molecule has 12 heavy (non-hydrogen) atoms. The Morgan fingerprint density at radius 2 is 1.92 bits per heavy atom. The standard InChI is InChI=1S/C6H4Br2N2O2/c7-6(8,10(11)12)5-1-3-9-4-2-5/h1-4H. The molecule has 64 valence electrons. The highest BCUT2D eigenvalue weighted by molar-refractivity contribution is 9.24. The number of hydrogen-bond donors (Lipinski definition) is 0. The van der Waals surface area contributed by atoms with Crippen LogP contribution >= 0.6 is 31.9 Å². The van der Waals surface area contributed by atoms with E-state index >= 15 is 0 Å². The molecule has 0 unspecified atom stereocenters. The van der Waals surface area contributed by atoms with Gasteiger partial charge in [0.05, 0.1) is 10.5 Å². The van der Waals surface area contributed by atoms with Crippen molar-refractivity contribution in [3.8, 4) is 0 Å². The van der Waals surface area contributed by atoms with Crippen LogP contribution < -0.4 is 0 Å². The Bertz CT molecular complexity index is 289. The smallest absolute Gasteiger partial charge is 0.265 e. The number of aromatic nitrogens is 1. The van der Waals surface area contributed by atoms with Crippen LogP contribution in [0.15, 0.2) is 24.5 Å². The lowest BCUT2D eigenvalue weighted by atomic mass is 10.3. The van der Waals surface area contributed by atoms with Gasteiger partial charge in [0.15, 0.2) is 0 Å². The Morgan fingerprint density at radius 1 is 1.42 bits per heavy atom. The van der Waals surface area contributed by atoms with Crippen molar-refractivity contribution in [2.75, 3.05) is 0 Å². The Kier molecular flexibility index (Phi) is 2.79. The predicted molar refractivity (Wildman–Crippen MR) is 50.8 cm³/mol. The number of nitro groups is 1. The predicted octanol–water partition coefficient (Wildman–Crippen LogP) is 2.26. The average Bonchev–Trinajstić information content (AvgIpc) is 2.06. The lowest BCUT2D eigenvalue weighted by molar-refractivity contribution is -0.510. The van der Waals surface area contributed by atoms with Gasteiger partial charge in [-0.2, -0.15) is 0 Å². The van der Waals surface area contributed by atoms with Crippen LogP contribution in [0, 0.1) is 10.1 Å². The monoisotopic (exact) mass is 294 g/mol. The highest BCUT2D eigenvalue weighted by Crippen LogP contribution is 2.37. The van der Waals surface area contributed by atoms with Crippen LogP contribution in [-0.2, 0) is 3.36 Å². The fraction of sp³-hybridized carbons (Fsp3) is 0.167. The van der Waals surface area contributed by atoms with E-state index in [-0.39, 0.29) is 0 Å². The van der Waals surface area contributed by atoms with Crippen molar-refractivity contribution in [3.05, 3.63) is 40.2 Å². The maximum absolute atomic E-state index is 10.5. The summed E-state index contributed by atoms with van der Waals surface area (Å²) >= 11 is 5.89. The van der Waals surface area contributed by atoms with Crippen LogP contribution in [0.4, 0.5) is 0 Å². The van der Waals surface area contributed by atoms with Crippen LogP contribution in [0.3, 0.4) is 0 Å². The van der Waals surface area contributed by atoms with Crippen LogP contribution in [0.2, 0.25) is 0 Å². The molecule has 0 radical (unpaired) electrons. The highest BCUT2D eigenvalue weighted by atomic mass is 79.9. The molecule has 0 fully saturated rings. The van der Waals surface area contributed by atoms with Crippen molar-refractivity contribution < 1.29 is 4.92 Å². The largest absolute Gasteiger partial charge is 0.352 e. The molecular formula is C6H4Br2N2O2. The summed E-state index contributed by atoms with van der Waals surface area (Å²) in [6, 6.07) is 3.12. The van der Waals surface area contributed by atoms with Crippen molar-refractivity contribution >= 4 is 31.9 Å². The fourth-order valence-electron chi connectivity index (χ4n) is 0.658. The van der Waals surface area contributed by atoms with Gasteiger partial charge in [-0.15, -0.1) is 0 Å². The SMILES string of the molecule is O=[N+]([O-])C(Br)(Br)c1ccncc1. The van der Waals surface area contributed by atoms with E-state index in [2.05, 4.69) is 36.8 Å². The van der Waals surface area contributed by atoms with E-state index in [0.29, 0.717) is 5.56 Å². The van der Waals surface area contributed by atoms with Gasteiger partial charge in [-0.05, 0) is 12.1 Å². The van der Waals surface area contributed by atoms with Crippen LogP contribution in [0.1, 0.15) is 5.56 Å². The van der Waals surface area contributed by atoms with E-state index in [1.165, 1.54) is 12.4 Å². The molecule has 0 saturated heterocycles. The zero-order chi connectivity index (χ0) is 9.19. The molecule has 0 aromatic carbocycles. The van der Waals surface area contributed by atoms with Gasteiger partial charge in [-0.25, -0.2) is 0 Å². The normalized spacial score (nSPS) is 11.2. The fourth-order valence-corrected chi connectivity index (χ4v) is 1.19. The first-order valence-electron chi connectivity index (χ1n) is 2.98. The molecule has 4 nitrogen and oxygen atoms in total. The number of pyridine rings is 1. The third kappa shape index (κ3) is 1.81. The molecule has 1 aromatic rings. The second-order valence-electron chi connectivity index (χ2n) is 2.03. The molecule has 0 amide bonds. The number of halogens is 2. The summed E-state index contributed by atoms with van der Waals surface area (Å²) < 4.78 is -1.40.